The fraction of sp³-hybridized carbons (Fsp3) is 0.385. The molecule has 0 unspecified atom stereocenters. The van der Waals surface area contributed by atoms with Crippen molar-refractivity contribution in [1.82, 2.24) is 0 Å². The van der Waals surface area contributed by atoms with Gasteiger partial charge in [-0.25, -0.2) is 4.79 Å². The number of isocyanates is 1. The quantitative estimate of drug-likeness (QED) is 0.453. The fourth-order valence-electron chi connectivity index (χ4n) is 2.23. The van der Waals surface area contributed by atoms with Crippen LogP contribution in [0.15, 0.2) is 23.2 Å². The largest absolute Gasteiger partial charge is 0.497 e. The van der Waals surface area contributed by atoms with Gasteiger partial charge >= 0.3 is 0 Å². The standard InChI is InChI=1S/C13H13NO3/c1-17-11-3-4-12(10(7-11)8-15)13(14-9-16)5-2-6-13/h3-4,7-8H,2,5-6H2,1H3. The molecular weight excluding hydrogens is 218 g/mol. The van der Waals surface area contributed by atoms with Gasteiger partial charge in [-0.05, 0) is 37.0 Å². The van der Waals surface area contributed by atoms with Gasteiger partial charge in [0.05, 0.1) is 12.6 Å². The van der Waals surface area contributed by atoms with Crippen molar-refractivity contribution in [2.45, 2.75) is 24.8 Å². The van der Waals surface area contributed by atoms with Gasteiger partial charge in [-0.2, -0.15) is 4.99 Å². The number of methoxy groups -OCH3 is 1. The van der Waals surface area contributed by atoms with Crippen molar-refractivity contribution in [2.75, 3.05) is 7.11 Å². The molecule has 0 atom stereocenters. The van der Waals surface area contributed by atoms with E-state index in [1.165, 1.54) is 0 Å². The predicted octanol–water partition coefficient (Wildman–Crippen LogP) is 2.22. The highest BCUT2D eigenvalue weighted by Gasteiger charge is 2.40. The first-order valence-corrected chi connectivity index (χ1v) is 5.48. The summed E-state index contributed by atoms with van der Waals surface area (Å²) in [7, 11) is 1.55. The molecule has 1 aliphatic rings. The second-order valence-corrected chi connectivity index (χ2v) is 4.16. The molecule has 2 rings (SSSR count). The summed E-state index contributed by atoms with van der Waals surface area (Å²) in [6, 6.07) is 5.26. The Bertz CT molecular complexity index is 485. The number of rotatable bonds is 4. The number of aldehydes is 1. The lowest BCUT2D eigenvalue weighted by atomic mass is 9.71. The van der Waals surface area contributed by atoms with Gasteiger partial charge in [0.15, 0.2) is 6.29 Å². The summed E-state index contributed by atoms with van der Waals surface area (Å²) in [6.07, 6.45) is 4.98. The Morgan fingerprint density at radius 3 is 2.71 bits per heavy atom. The molecule has 4 heteroatoms. The number of benzene rings is 1. The molecule has 1 fully saturated rings. The first-order valence-electron chi connectivity index (χ1n) is 5.48. The Morgan fingerprint density at radius 2 is 2.24 bits per heavy atom. The van der Waals surface area contributed by atoms with Gasteiger partial charge in [-0.15, -0.1) is 0 Å². The summed E-state index contributed by atoms with van der Waals surface area (Å²) in [4.78, 5) is 25.5. The number of hydrogen-bond acceptors (Lipinski definition) is 4. The lowest BCUT2D eigenvalue weighted by Gasteiger charge is -2.37. The van der Waals surface area contributed by atoms with Crippen LogP contribution in [-0.4, -0.2) is 19.5 Å². The van der Waals surface area contributed by atoms with E-state index in [0.29, 0.717) is 11.3 Å². The molecule has 17 heavy (non-hydrogen) atoms. The van der Waals surface area contributed by atoms with E-state index in [2.05, 4.69) is 4.99 Å². The van der Waals surface area contributed by atoms with Gasteiger partial charge in [0, 0.05) is 5.56 Å². The second-order valence-electron chi connectivity index (χ2n) is 4.16. The van der Waals surface area contributed by atoms with E-state index in [1.54, 1.807) is 25.3 Å². The highest BCUT2D eigenvalue weighted by Crippen LogP contribution is 2.46. The van der Waals surface area contributed by atoms with Crippen LogP contribution in [0.1, 0.15) is 35.2 Å². The molecule has 1 saturated carbocycles. The predicted molar refractivity (Wildman–Crippen MR) is 62.0 cm³/mol. The molecular formula is C13H13NO3. The highest BCUT2D eigenvalue weighted by atomic mass is 16.5. The maximum absolute atomic E-state index is 11.1. The molecule has 0 radical (unpaired) electrons. The Labute approximate surface area is 99.3 Å². The van der Waals surface area contributed by atoms with Gasteiger partial charge < -0.3 is 4.74 Å². The summed E-state index contributed by atoms with van der Waals surface area (Å²) < 4.78 is 5.07. The van der Waals surface area contributed by atoms with Crippen LogP contribution in [0.25, 0.3) is 0 Å². The normalized spacial score (nSPS) is 16.5. The maximum atomic E-state index is 11.1. The van der Waals surface area contributed by atoms with Crippen molar-refractivity contribution in [1.29, 1.82) is 0 Å². The molecule has 0 saturated heterocycles. The first kappa shape index (κ1) is 11.6. The number of carbonyl (C=O) groups excluding carboxylic acids is 2. The van der Waals surface area contributed by atoms with Crippen molar-refractivity contribution >= 4 is 12.4 Å². The molecule has 0 amide bonds. The molecule has 1 aromatic rings. The van der Waals surface area contributed by atoms with Crippen molar-refractivity contribution < 1.29 is 14.3 Å². The number of ether oxygens (including phenoxy) is 1. The summed E-state index contributed by atoms with van der Waals surface area (Å²) in [6.45, 7) is 0. The topological polar surface area (TPSA) is 55.7 Å². The lowest BCUT2D eigenvalue weighted by Crippen LogP contribution is -2.33. The van der Waals surface area contributed by atoms with Crippen molar-refractivity contribution in [2.24, 2.45) is 4.99 Å². The summed E-state index contributed by atoms with van der Waals surface area (Å²) in [5.74, 6) is 0.625. The minimum Gasteiger partial charge on any atom is -0.497 e. The van der Waals surface area contributed by atoms with Crippen LogP contribution in [-0.2, 0) is 10.3 Å². The number of nitrogens with zero attached hydrogens (tertiary/aromatic N) is 1. The smallest absolute Gasteiger partial charge is 0.235 e. The molecule has 0 aliphatic heterocycles. The zero-order valence-corrected chi connectivity index (χ0v) is 9.60. The van der Waals surface area contributed by atoms with Crippen LogP contribution in [0.2, 0.25) is 0 Å². The van der Waals surface area contributed by atoms with Crippen LogP contribution in [0, 0.1) is 0 Å². The summed E-state index contributed by atoms with van der Waals surface area (Å²) >= 11 is 0. The van der Waals surface area contributed by atoms with Crippen LogP contribution in [0.5, 0.6) is 5.75 Å². The SMILES string of the molecule is COc1ccc(C2(N=C=O)CCC2)c(C=O)c1. The average Bonchev–Trinajstić information content (AvgIpc) is 2.33. The van der Waals surface area contributed by atoms with Crippen molar-refractivity contribution in [3.8, 4) is 5.75 Å². The zero-order valence-electron chi connectivity index (χ0n) is 9.60. The first-order chi connectivity index (χ1) is 8.25. The van der Waals surface area contributed by atoms with Crippen LogP contribution >= 0.6 is 0 Å². The van der Waals surface area contributed by atoms with Crippen molar-refractivity contribution in [3.63, 3.8) is 0 Å². The third-order valence-electron chi connectivity index (χ3n) is 3.33. The molecule has 1 aliphatic carbocycles. The Kier molecular flexibility index (Phi) is 3.07. The fourth-order valence-corrected chi connectivity index (χ4v) is 2.23. The van der Waals surface area contributed by atoms with E-state index in [-0.39, 0.29) is 0 Å². The average molecular weight is 231 g/mol. The maximum Gasteiger partial charge on any atom is 0.235 e. The molecule has 88 valence electrons. The van der Waals surface area contributed by atoms with Gasteiger partial charge in [-0.1, -0.05) is 6.07 Å². The van der Waals surface area contributed by atoms with Crippen LogP contribution in [0.4, 0.5) is 0 Å². The zero-order chi connectivity index (χ0) is 12.3. The number of carbonyl (C=O) groups is 1. The summed E-state index contributed by atoms with van der Waals surface area (Å²) in [5, 5.41) is 0. The van der Waals surface area contributed by atoms with Crippen molar-refractivity contribution in [3.05, 3.63) is 29.3 Å². The van der Waals surface area contributed by atoms with E-state index in [0.717, 1.165) is 31.1 Å². The van der Waals surface area contributed by atoms with E-state index < -0.39 is 5.54 Å². The van der Waals surface area contributed by atoms with E-state index in [1.807, 2.05) is 6.07 Å². The van der Waals surface area contributed by atoms with Crippen LogP contribution < -0.4 is 4.74 Å². The molecule has 0 N–H and O–H groups in total. The minimum absolute atomic E-state index is 0.531. The molecule has 0 spiro atoms. The Morgan fingerprint density at radius 1 is 1.47 bits per heavy atom. The Hall–Kier alpha value is -1.93. The Balaban J connectivity index is 2.50. The molecule has 0 heterocycles. The van der Waals surface area contributed by atoms with E-state index in [9.17, 15) is 9.59 Å². The molecule has 1 aromatic carbocycles. The van der Waals surface area contributed by atoms with E-state index >= 15 is 0 Å². The van der Waals surface area contributed by atoms with Gasteiger partial charge in [0.2, 0.25) is 6.08 Å². The number of hydrogen-bond donors (Lipinski definition) is 0. The monoisotopic (exact) mass is 231 g/mol. The summed E-state index contributed by atoms with van der Waals surface area (Å²) in [5.41, 5.74) is 0.788. The van der Waals surface area contributed by atoms with Gasteiger partial charge in [0.1, 0.15) is 5.75 Å². The van der Waals surface area contributed by atoms with Crippen LogP contribution in [0.3, 0.4) is 0 Å². The minimum atomic E-state index is -0.537. The van der Waals surface area contributed by atoms with E-state index in [4.69, 9.17) is 4.74 Å². The van der Waals surface area contributed by atoms with Gasteiger partial charge in [0.25, 0.3) is 0 Å². The second kappa shape index (κ2) is 4.52. The molecule has 0 bridgehead atoms. The lowest BCUT2D eigenvalue weighted by molar-refractivity contribution is 0.111. The molecule has 0 aromatic heterocycles. The number of aliphatic imine (C=N–C) groups is 1. The molecule has 4 nitrogen and oxygen atoms in total. The third-order valence-corrected chi connectivity index (χ3v) is 3.33. The third kappa shape index (κ3) is 1.87. The highest BCUT2D eigenvalue weighted by molar-refractivity contribution is 5.79. The van der Waals surface area contributed by atoms with Gasteiger partial charge in [-0.3, -0.25) is 4.79 Å².